The fraction of sp³-hybridized carbons (Fsp3) is 0.148. The van der Waals surface area contributed by atoms with E-state index in [1.807, 2.05) is 91.0 Å². The van der Waals surface area contributed by atoms with E-state index in [4.69, 9.17) is 16.3 Å². The Kier molecular flexibility index (Phi) is 6.77. The Morgan fingerprint density at radius 2 is 1.46 bits per heavy atom. The number of anilines is 2. The third-order valence-corrected chi connectivity index (χ3v) is 6.11. The second kappa shape index (κ2) is 10.4. The van der Waals surface area contributed by atoms with Crippen LogP contribution in [0, 0.1) is 0 Å². The lowest BCUT2D eigenvalue weighted by Crippen LogP contribution is -2.50. The highest BCUT2D eigenvalue weighted by Gasteiger charge is 2.22. The molecule has 0 atom stereocenters. The average molecular weight is 486 g/mol. The second-order valence-corrected chi connectivity index (χ2v) is 8.51. The maximum absolute atomic E-state index is 12.7. The van der Waals surface area contributed by atoms with Crippen LogP contribution in [0.25, 0.3) is 11.3 Å². The number of benzene rings is 3. The highest BCUT2D eigenvalue weighted by atomic mass is 35.5. The van der Waals surface area contributed by atoms with Crippen molar-refractivity contribution in [3.05, 3.63) is 96.0 Å². The predicted octanol–water partition coefficient (Wildman–Crippen LogP) is 5.94. The molecule has 1 saturated heterocycles. The number of carbonyl (C=O) groups is 1. The van der Waals surface area contributed by atoms with E-state index in [9.17, 15) is 4.79 Å². The van der Waals surface area contributed by atoms with Crippen LogP contribution in [0.1, 0.15) is 0 Å². The fourth-order valence-corrected chi connectivity index (χ4v) is 4.11. The Morgan fingerprint density at radius 3 is 2.14 bits per heavy atom. The van der Waals surface area contributed by atoms with Gasteiger partial charge in [0.05, 0.1) is 10.7 Å². The highest BCUT2D eigenvalue weighted by molar-refractivity contribution is 6.33. The number of nitrogens with zero attached hydrogens (tertiary/aromatic N) is 4. The lowest BCUT2D eigenvalue weighted by molar-refractivity contribution is 0.208. The number of carbonyl (C=O) groups excluding carboxylic acids is 1. The molecule has 0 saturated carbocycles. The summed E-state index contributed by atoms with van der Waals surface area (Å²) in [6.45, 7) is 2.54. The summed E-state index contributed by atoms with van der Waals surface area (Å²) in [6.07, 6.45) is 0. The Balaban J connectivity index is 1.13. The number of nitrogens with one attached hydrogen (secondary N) is 1. The number of hydrogen-bond acceptors (Lipinski definition) is 5. The smallest absolute Gasteiger partial charge is 0.321 e. The van der Waals surface area contributed by atoms with Crippen LogP contribution < -0.4 is 15.0 Å². The van der Waals surface area contributed by atoms with E-state index in [1.54, 1.807) is 4.90 Å². The lowest BCUT2D eigenvalue weighted by atomic mass is 10.1. The van der Waals surface area contributed by atoms with Crippen molar-refractivity contribution in [1.82, 2.24) is 15.1 Å². The van der Waals surface area contributed by atoms with E-state index < -0.39 is 0 Å². The summed E-state index contributed by atoms with van der Waals surface area (Å²) in [7, 11) is 0. The van der Waals surface area contributed by atoms with Crippen molar-refractivity contribution in [1.29, 1.82) is 0 Å². The molecule has 1 aliphatic rings. The minimum Gasteiger partial charge on any atom is -0.457 e. The number of para-hydroxylation sites is 1. The van der Waals surface area contributed by atoms with Crippen molar-refractivity contribution >= 4 is 29.1 Å². The SMILES string of the molecule is O=C(Nc1ccc(Oc2ccccc2)cc1)N1CCN(c2ccc(-c3ccccc3Cl)nn2)CC1. The van der Waals surface area contributed by atoms with Crippen molar-refractivity contribution in [2.24, 2.45) is 0 Å². The monoisotopic (exact) mass is 485 g/mol. The zero-order valence-corrected chi connectivity index (χ0v) is 19.7. The molecule has 1 aliphatic heterocycles. The third kappa shape index (κ3) is 5.53. The van der Waals surface area contributed by atoms with Crippen LogP contribution in [-0.2, 0) is 0 Å². The first kappa shape index (κ1) is 22.7. The molecule has 35 heavy (non-hydrogen) atoms. The zero-order chi connectivity index (χ0) is 24.0. The van der Waals surface area contributed by atoms with Crippen LogP contribution >= 0.6 is 11.6 Å². The van der Waals surface area contributed by atoms with Crippen LogP contribution in [0.2, 0.25) is 5.02 Å². The van der Waals surface area contributed by atoms with E-state index in [0.29, 0.717) is 37.0 Å². The van der Waals surface area contributed by atoms with Gasteiger partial charge < -0.3 is 19.9 Å². The molecule has 1 N–H and O–H groups in total. The van der Waals surface area contributed by atoms with Crippen molar-refractivity contribution in [2.45, 2.75) is 0 Å². The predicted molar refractivity (Wildman–Crippen MR) is 138 cm³/mol. The molecule has 2 amide bonds. The maximum Gasteiger partial charge on any atom is 0.321 e. The van der Waals surface area contributed by atoms with Crippen molar-refractivity contribution < 1.29 is 9.53 Å². The molecule has 1 fully saturated rings. The molecule has 7 nitrogen and oxygen atoms in total. The van der Waals surface area contributed by atoms with Gasteiger partial charge in [-0.25, -0.2) is 4.79 Å². The minimum absolute atomic E-state index is 0.124. The number of halogens is 1. The van der Waals surface area contributed by atoms with Gasteiger partial charge in [0.2, 0.25) is 0 Å². The van der Waals surface area contributed by atoms with Gasteiger partial charge in [-0.3, -0.25) is 0 Å². The maximum atomic E-state index is 12.7. The first-order chi connectivity index (χ1) is 17.2. The van der Waals surface area contributed by atoms with Gasteiger partial charge in [0.1, 0.15) is 11.5 Å². The Hall–Kier alpha value is -4.10. The van der Waals surface area contributed by atoms with Crippen LogP contribution in [0.4, 0.5) is 16.3 Å². The van der Waals surface area contributed by atoms with E-state index >= 15 is 0 Å². The van der Waals surface area contributed by atoms with Gasteiger partial charge in [0.25, 0.3) is 0 Å². The Labute approximate surface area is 208 Å². The van der Waals surface area contributed by atoms with Crippen LogP contribution in [-0.4, -0.2) is 47.3 Å². The topological polar surface area (TPSA) is 70.6 Å². The van der Waals surface area contributed by atoms with Crippen LogP contribution in [0.15, 0.2) is 91.0 Å². The van der Waals surface area contributed by atoms with Gasteiger partial charge in [-0.05, 0) is 54.6 Å². The van der Waals surface area contributed by atoms with Gasteiger partial charge in [-0.1, -0.05) is 48.0 Å². The minimum atomic E-state index is -0.124. The molecule has 0 unspecified atom stereocenters. The third-order valence-electron chi connectivity index (χ3n) is 5.78. The van der Waals surface area contributed by atoms with Gasteiger partial charge in [0.15, 0.2) is 5.82 Å². The molecule has 3 aromatic carbocycles. The number of hydrogen-bond donors (Lipinski definition) is 1. The lowest BCUT2D eigenvalue weighted by Gasteiger charge is -2.35. The van der Waals surface area contributed by atoms with Gasteiger partial charge in [-0.2, -0.15) is 0 Å². The molecular weight excluding hydrogens is 462 g/mol. The van der Waals surface area contributed by atoms with Crippen LogP contribution in [0.3, 0.4) is 0 Å². The summed E-state index contributed by atoms with van der Waals surface area (Å²) in [5.41, 5.74) is 2.31. The average Bonchev–Trinajstić information content (AvgIpc) is 2.91. The molecule has 176 valence electrons. The largest absolute Gasteiger partial charge is 0.457 e. The van der Waals surface area contributed by atoms with Gasteiger partial charge in [-0.15, -0.1) is 10.2 Å². The van der Waals surface area contributed by atoms with E-state index in [2.05, 4.69) is 20.4 Å². The summed E-state index contributed by atoms with van der Waals surface area (Å²) in [6, 6.07) is 28.2. The summed E-state index contributed by atoms with van der Waals surface area (Å²) < 4.78 is 5.80. The zero-order valence-electron chi connectivity index (χ0n) is 19.0. The van der Waals surface area contributed by atoms with Crippen molar-refractivity contribution in [3.8, 4) is 22.8 Å². The number of rotatable bonds is 5. The van der Waals surface area contributed by atoms with Crippen molar-refractivity contribution in [2.75, 3.05) is 36.4 Å². The van der Waals surface area contributed by atoms with Gasteiger partial charge in [0, 0.05) is 37.4 Å². The number of ether oxygens (including phenoxy) is 1. The first-order valence-corrected chi connectivity index (χ1v) is 11.8. The summed E-state index contributed by atoms with van der Waals surface area (Å²) >= 11 is 6.26. The molecule has 1 aromatic heterocycles. The summed E-state index contributed by atoms with van der Waals surface area (Å²) in [5, 5.41) is 12.3. The first-order valence-electron chi connectivity index (χ1n) is 11.4. The molecule has 0 radical (unpaired) electrons. The Morgan fingerprint density at radius 1 is 0.771 bits per heavy atom. The van der Waals surface area contributed by atoms with E-state index in [1.165, 1.54) is 0 Å². The second-order valence-electron chi connectivity index (χ2n) is 8.10. The normalized spacial score (nSPS) is 13.4. The number of aromatic nitrogens is 2. The molecular formula is C27H24ClN5O2. The molecule has 5 rings (SSSR count). The highest BCUT2D eigenvalue weighted by Crippen LogP contribution is 2.27. The van der Waals surface area contributed by atoms with E-state index in [-0.39, 0.29) is 6.03 Å². The van der Waals surface area contributed by atoms with Crippen LogP contribution in [0.5, 0.6) is 11.5 Å². The molecule has 0 bridgehead atoms. The molecule has 4 aromatic rings. The quantitative estimate of drug-likeness (QED) is 0.378. The van der Waals surface area contributed by atoms with Crippen molar-refractivity contribution in [3.63, 3.8) is 0 Å². The fourth-order valence-electron chi connectivity index (χ4n) is 3.88. The Bertz CT molecular complexity index is 1280. The summed E-state index contributed by atoms with van der Waals surface area (Å²) in [4.78, 5) is 16.7. The number of piperazine rings is 1. The number of urea groups is 1. The van der Waals surface area contributed by atoms with Gasteiger partial charge >= 0.3 is 6.03 Å². The molecule has 0 spiro atoms. The number of amides is 2. The summed E-state index contributed by atoms with van der Waals surface area (Å²) in [5.74, 6) is 2.27. The van der Waals surface area contributed by atoms with E-state index in [0.717, 1.165) is 28.5 Å². The standard InChI is InChI=1S/C27H24ClN5O2/c28-24-9-5-4-8-23(24)25-14-15-26(31-30-25)32-16-18-33(19-17-32)27(34)29-20-10-12-22(13-11-20)35-21-6-2-1-3-7-21/h1-15H,16-19H2,(H,29,34). The molecule has 0 aliphatic carbocycles. The molecule has 2 heterocycles. The molecule has 8 heteroatoms.